The molecule has 0 spiro atoms. The van der Waals surface area contributed by atoms with Crippen molar-refractivity contribution < 1.29 is 14.6 Å². The van der Waals surface area contributed by atoms with E-state index in [1.54, 1.807) is 13.2 Å². The molecule has 3 nitrogen and oxygen atoms in total. The average molecular weight is 242 g/mol. The Morgan fingerprint density at radius 1 is 1.11 bits per heavy atom. The predicted molar refractivity (Wildman–Crippen MR) is 69.8 cm³/mol. The Labute approximate surface area is 106 Å². The van der Waals surface area contributed by atoms with Crippen LogP contribution in [0, 0.1) is 0 Å². The summed E-state index contributed by atoms with van der Waals surface area (Å²) in [5.41, 5.74) is 2.62. The summed E-state index contributed by atoms with van der Waals surface area (Å²) < 4.78 is 5.37. The Morgan fingerprint density at radius 3 is 2.44 bits per heavy atom. The van der Waals surface area contributed by atoms with Crippen molar-refractivity contribution in [1.82, 2.24) is 0 Å². The first-order valence-corrected chi connectivity index (χ1v) is 5.65. The minimum atomic E-state index is -0.862. The molecule has 0 unspecified atom stereocenters. The van der Waals surface area contributed by atoms with E-state index in [4.69, 9.17) is 9.84 Å². The van der Waals surface area contributed by atoms with Crippen LogP contribution in [-0.4, -0.2) is 18.2 Å². The van der Waals surface area contributed by atoms with Crippen molar-refractivity contribution >= 4 is 5.97 Å². The van der Waals surface area contributed by atoms with Crippen molar-refractivity contribution in [2.75, 3.05) is 7.11 Å². The maximum Gasteiger partial charge on any atom is 0.307 e. The Morgan fingerprint density at radius 2 is 1.83 bits per heavy atom. The van der Waals surface area contributed by atoms with Gasteiger partial charge >= 0.3 is 5.97 Å². The third-order valence-corrected chi connectivity index (χ3v) is 2.73. The van der Waals surface area contributed by atoms with E-state index in [0.29, 0.717) is 11.3 Å². The fourth-order valence-corrected chi connectivity index (χ4v) is 1.97. The zero-order valence-electron chi connectivity index (χ0n) is 10.1. The zero-order chi connectivity index (χ0) is 13.0. The highest BCUT2D eigenvalue weighted by Crippen LogP contribution is 2.33. The maximum atomic E-state index is 10.8. The number of aliphatic carboxylic acids is 1. The van der Waals surface area contributed by atoms with Gasteiger partial charge < -0.3 is 9.84 Å². The molecule has 0 aliphatic carbocycles. The van der Waals surface area contributed by atoms with Crippen LogP contribution in [0.1, 0.15) is 5.56 Å². The van der Waals surface area contributed by atoms with E-state index in [2.05, 4.69) is 0 Å². The molecule has 0 fully saturated rings. The fourth-order valence-electron chi connectivity index (χ4n) is 1.97. The molecule has 0 radical (unpaired) electrons. The smallest absolute Gasteiger partial charge is 0.307 e. The normalized spacial score (nSPS) is 10.1. The quantitative estimate of drug-likeness (QED) is 0.896. The summed E-state index contributed by atoms with van der Waals surface area (Å²) in [6.45, 7) is 0. The highest BCUT2D eigenvalue weighted by molar-refractivity contribution is 5.77. The number of para-hydroxylation sites is 1. The standard InChI is InChI=1S/C15H14O3/c1-18-15-12(10-14(16)17)8-5-9-13(15)11-6-3-2-4-7-11/h2-9H,10H2,1H3,(H,16,17). The first-order valence-electron chi connectivity index (χ1n) is 5.65. The Bertz CT molecular complexity index is 547. The lowest BCUT2D eigenvalue weighted by Gasteiger charge is -2.12. The molecule has 92 valence electrons. The van der Waals surface area contributed by atoms with Crippen LogP contribution >= 0.6 is 0 Å². The van der Waals surface area contributed by atoms with Gasteiger partial charge in [-0.05, 0) is 5.56 Å². The van der Waals surface area contributed by atoms with Gasteiger partial charge in [-0.15, -0.1) is 0 Å². The number of hydrogen-bond acceptors (Lipinski definition) is 2. The number of methoxy groups -OCH3 is 1. The van der Waals surface area contributed by atoms with Gasteiger partial charge in [-0.1, -0.05) is 48.5 Å². The summed E-state index contributed by atoms with van der Waals surface area (Å²) in [5, 5.41) is 8.89. The SMILES string of the molecule is COc1c(CC(=O)O)cccc1-c1ccccc1. The number of ether oxygens (including phenoxy) is 1. The molecule has 0 heterocycles. The highest BCUT2D eigenvalue weighted by atomic mass is 16.5. The molecule has 0 saturated carbocycles. The maximum absolute atomic E-state index is 10.8. The molecule has 2 rings (SSSR count). The second-order valence-electron chi connectivity index (χ2n) is 3.93. The second-order valence-corrected chi connectivity index (χ2v) is 3.93. The van der Waals surface area contributed by atoms with E-state index < -0.39 is 5.97 Å². The summed E-state index contributed by atoms with van der Waals surface area (Å²) in [5.74, 6) is -0.232. The van der Waals surface area contributed by atoms with Gasteiger partial charge in [-0.2, -0.15) is 0 Å². The first-order chi connectivity index (χ1) is 8.72. The van der Waals surface area contributed by atoms with Gasteiger partial charge in [0.15, 0.2) is 0 Å². The van der Waals surface area contributed by atoms with Crippen molar-refractivity contribution in [2.45, 2.75) is 6.42 Å². The predicted octanol–water partition coefficient (Wildman–Crippen LogP) is 2.99. The van der Waals surface area contributed by atoms with Crippen LogP contribution in [0.4, 0.5) is 0 Å². The van der Waals surface area contributed by atoms with Gasteiger partial charge in [0, 0.05) is 11.1 Å². The van der Waals surface area contributed by atoms with Crippen LogP contribution in [0.2, 0.25) is 0 Å². The molecule has 2 aromatic rings. The molecular weight excluding hydrogens is 228 g/mol. The van der Waals surface area contributed by atoms with Gasteiger partial charge in [0.1, 0.15) is 5.75 Å². The van der Waals surface area contributed by atoms with E-state index >= 15 is 0 Å². The van der Waals surface area contributed by atoms with Crippen molar-refractivity contribution in [3.05, 3.63) is 54.1 Å². The number of carbonyl (C=O) groups is 1. The Hall–Kier alpha value is -2.29. The number of benzene rings is 2. The Balaban J connectivity index is 2.51. The summed E-state index contributed by atoms with van der Waals surface area (Å²) in [4.78, 5) is 10.8. The molecule has 2 aromatic carbocycles. The summed E-state index contributed by atoms with van der Waals surface area (Å²) in [6.07, 6.45) is -0.0379. The van der Waals surface area contributed by atoms with E-state index in [-0.39, 0.29) is 6.42 Å². The topological polar surface area (TPSA) is 46.5 Å². The van der Waals surface area contributed by atoms with Crippen LogP contribution in [0.25, 0.3) is 11.1 Å². The molecule has 0 amide bonds. The lowest BCUT2D eigenvalue weighted by molar-refractivity contribution is -0.136. The van der Waals surface area contributed by atoms with Crippen LogP contribution in [-0.2, 0) is 11.2 Å². The lowest BCUT2D eigenvalue weighted by atomic mass is 10.00. The number of hydrogen-bond donors (Lipinski definition) is 1. The van der Waals surface area contributed by atoms with Crippen molar-refractivity contribution in [2.24, 2.45) is 0 Å². The van der Waals surface area contributed by atoms with Crippen LogP contribution in [0.15, 0.2) is 48.5 Å². The fraction of sp³-hybridized carbons (Fsp3) is 0.133. The van der Waals surface area contributed by atoms with E-state index in [9.17, 15) is 4.79 Å². The van der Waals surface area contributed by atoms with Gasteiger partial charge in [-0.3, -0.25) is 4.79 Å². The van der Waals surface area contributed by atoms with E-state index in [1.165, 1.54) is 0 Å². The van der Waals surface area contributed by atoms with Crippen molar-refractivity contribution in [3.8, 4) is 16.9 Å². The third-order valence-electron chi connectivity index (χ3n) is 2.73. The molecule has 0 atom stereocenters. The minimum absolute atomic E-state index is 0.0379. The number of carboxylic acid groups (broad SMARTS) is 1. The molecule has 0 saturated heterocycles. The second kappa shape index (κ2) is 5.36. The average Bonchev–Trinajstić information content (AvgIpc) is 2.39. The third kappa shape index (κ3) is 2.51. The van der Waals surface area contributed by atoms with Crippen molar-refractivity contribution in [1.29, 1.82) is 0 Å². The Kier molecular flexibility index (Phi) is 3.63. The molecular formula is C15H14O3. The van der Waals surface area contributed by atoms with Gasteiger partial charge in [0.05, 0.1) is 13.5 Å². The molecule has 0 aliphatic heterocycles. The molecule has 0 aliphatic rings. The summed E-state index contributed by atoms with van der Waals surface area (Å²) >= 11 is 0. The van der Waals surface area contributed by atoms with Gasteiger partial charge in [0.2, 0.25) is 0 Å². The van der Waals surface area contributed by atoms with E-state index in [1.807, 2.05) is 42.5 Å². The lowest BCUT2D eigenvalue weighted by Crippen LogP contribution is -2.03. The van der Waals surface area contributed by atoms with E-state index in [0.717, 1.165) is 11.1 Å². The minimum Gasteiger partial charge on any atom is -0.496 e. The van der Waals surface area contributed by atoms with Gasteiger partial charge in [0.25, 0.3) is 0 Å². The van der Waals surface area contributed by atoms with Crippen molar-refractivity contribution in [3.63, 3.8) is 0 Å². The first kappa shape index (κ1) is 12.2. The molecule has 0 aromatic heterocycles. The van der Waals surface area contributed by atoms with Gasteiger partial charge in [-0.25, -0.2) is 0 Å². The number of rotatable bonds is 4. The largest absolute Gasteiger partial charge is 0.496 e. The summed E-state index contributed by atoms with van der Waals surface area (Å²) in [7, 11) is 1.56. The molecule has 3 heteroatoms. The highest BCUT2D eigenvalue weighted by Gasteiger charge is 2.12. The monoisotopic (exact) mass is 242 g/mol. The van der Waals surface area contributed by atoms with Crippen LogP contribution in [0.5, 0.6) is 5.75 Å². The molecule has 18 heavy (non-hydrogen) atoms. The number of carboxylic acids is 1. The molecule has 1 N–H and O–H groups in total. The van der Waals surface area contributed by atoms with Crippen LogP contribution in [0.3, 0.4) is 0 Å². The van der Waals surface area contributed by atoms with Crippen LogP contribution < -0.4 is 4.74 Å². The summed E-state index contributed by atoms with van der Waals surface area (Å²) in [6, 6.07) is 15.3. The molecule has 0 bridgehead atoms. The zero-order valence-corrected chi connectivity index (χ0v) is 10.1.